The third-order valence-electron chi connectivity index (χ3n) is 4.91. The Hall–Kier alpha value is -3.42. The van der Waals surface area contributed by atoms with E-state index in [2.05, 4.69) is 5.94 Å². The van der Waals surface area contributed by atoms with Crippen LogP contribution in [-0.2, 0) is 14.3 Å². The van der Waals surface area contributed by atoms with E-state index < -0.39 is 5.92 Å². The minimum absolute atomic E-state index is 0.257. The van der Waals surface area contributed by atoms with Gasteiger partial charge in [0.25, 0.3) is 0 Å². The first-order chi connectivity index (χ1) is 13.7. The van der Waals surface area contributed by atoms with Crippen LogP contribution in [0.1, 0.15) is 34.9 Å². The van der Waals surface area contributed by atoms with E-state index >= 15 is 0 Å². The highest BCUT2D eigenvalue weighted by molar-refractivity contribution is 5.89. The summed E-state index contributed by atoms with van der Waals surface area (Å²) < 4.78 is 5.14. The molecule has 0 aliphatic carbocycles. The molecular weight excluding hydrogens is 348 g/mol. The zero-order valence-electron chi connectivity index (χ0n) is 15.7. The number of carbonyl (C=O) groups excluding carboxylic acids is 2. The Bertz CT molecular complexity index is 943. The predicted octanol–water partition coefficient (Wildman–Crippen LogP) is 5.03. The summed E-state index contributed by atoms with van der Waals surface area (Å²) in [4.78, 5) is 24.6. The summed E-state index contributed by atoms with van der Waals surface area (Å²) in [6.07, 6.45) is 0.381. The molecule has 3 aromatic rings. The quantitative estimate of drug-likeness (QED) is 0.433. The van der Waals surface area contributed by atoms with Gasteiger partial charge in [0.05, 0.1) is 13.0 Å². The van der Waals surface area contributed by atoms with Crippen LogP contribution in [-0.4, -0.2) is 19.0 Å². The number of rotatable bonds is 7. The Morgan fingerprint density at radius 2 is 1.32 bits per heavy atom. The lowest BCUT2D eigenvalue weighted by Gasteiger charge is -2.26. The van der Waals surface area contributed by atoms with Crippen molar-refractivity contribution in [3.8, 4) is 0 Å². The molecule has 3 aromatic carbocycles. The summed E-state index contributed by atoms with van der Waals surface area (Å²) in [5.74, 6) is 0.992. The molecule has 3 nitrogen and oxygen atoms in total. The van der Waals surface area contributed by atoms with Crippen LogP contribution < -0.4 is 0 Å². The third-order valence-corrected chi connectivity index (χ3v) is 4.91. The van der Waals surface area contributed by atoms with Gasteiger partial charge < -0.3 is 4.74 Å². The highest BCUT2D eigenvalue weighted by atomic mass is 16.5. The Labute approximate surface area is 165 Å². The maximum atomic E-state index is 12.8. The molecular formula is C25H22O3. The van der Waals surface area contributed by atoms with Crippen molar-refractivity contribution in [3.05, 3.63) is 108 Å². The number of ether oxygens (including phenoxy) is 1. The first kappa shape index (κ1) is 19.3. The van der Waals surface area contributed by atoms with E-state index in [4.69, 9.17) is 4.74 Å². The first-order valence-corrected chi connectivity index (χ1v) is 9.21. The van der Waals surface area contributed by atoms with Gasteiger partial charge in [0.2, 0.25) is 0 Å². The van der Waals surface area contributed by atoms with Gasteiger partial charge in [-0.2, -0.15) is 0 Å². The van der Waals surface area contributed by atoms with Gasteiger partial charge in [-0.3, -0.25) is 4.79 Å². The average molecular weight is 370 g/mol. The second-order valence-corrected chi connectivity index (χ2v) is 6.58. The fourth-order valence-electron chi connectivity index (χ4n) is 3.53. The Kier molecular flexibility index (Phi) is 6.56. The lowest BCUT2D eigenvalue weighted by molar-refractivity contribution is -0.143. The number of carbonyl (C=O) groups is 1. The Balaban J connectivity index is 2.08. The fraction of sp³-hybridized carbons (Fsp3) is 0.160. The molecule has 3 rings (SSSR count). The molecule has 0 spiro atoms. The topological polar surface area (TPSA) is 43.4 Å². The van der Waals surface area contributed by atoms with E-state index in [-0.39, 0.29) is 11.9 Å². The molecule has 0 aromatic heterocycles. The van der Waals surface area contributed by atoms with Gasteiger partial charge >= 0.3 is 5.97 Å². The number of methoxy groups -OCH3 is 1. The molecule has 0 saturated carbocycles. The van der Waals surface area contributed by atoms with Gasteiger partial charge in [-0.25, -0.2) is 4.79 Å². The van der Waals surface area contributed by atoms with Crippen LogP contribution >= 0.6 is 0 Å². The highest BCUT2D eigenvalue weighted by Crippen LogP contribution is 2.40. The van der Waals surface area contributed by atoms with Crippen molar-refractivity contribution in [1.29, 1.82) is 0 Å². The zero-order chi connectivity index (χ0) is 19.8. The normalized spacial score (nSPS) is 12.5. The van der Waals surface area contributed by atoms with Crippen molar-refractivity contribution in [1.82, 2.24) is 0 Å². The summed E-state index contributed by atoms with van der Waals surface area (Å²) in [6, 6.07) is 28.8. The van der Waals surface area contributed by atoms with Crippen LogP contribution in [0.15, 0.2) is 91.0 Å². The number of hydrogen-bond acceptors (Lipinski definition) is 3. The van der Waals surface area contributed by atoms with E-state index in [9.17, 15) is 9.59 Å². The van der Waals surface area contributed by atoms with E-state index in [0.717, 1.165) is 16.7 Å². The number of hydrogen-bond donors (Lipinski definition) is 0. The minimum Gasteiger partial charge on any atom is -0.469 e. The molecule has 28 heavy (non-hydrogen) atoms. The standard InChI is InChI=1S/C25H22O3/c1-28-25(27)24(21-15-9-4-10-16-21)23(20-13-7-3-8-14-20)17-22(18-26)19-11-5-2-6-12-19/h2-16,23-24H,17H2,1H3. The van der Waals surface area contributed by atoms with Crippen LogP contribution in [0.5, 0.6) is 0 Å². The summed E-state index contributed by atoms with van der Waals surface area (Å²) in [5.41, 5.74) is 3.20. The van der Waals surface area contributed by atoms with Crippen LogP contribution in [0.4, 0.5) is 0 Å². The summed E-state index contributed by atoms with van der Waals surface area (Å²) in [5, 5.41) is 0. The van der Waals surface area contributed by atoms with E-state index in [1.54, 1.807) is 0 Å². The maximum Gasteiger partial charge on any atom is 0.313 e. The molecule has 0 fully saturated rings. The van der Waals surface area contributed by atoms with E-state index in [1.165, 1.54) is 7.11 Å². The van der Waals surface area contributed by atoms with Crippen molar-refractivity contribution in [2.45, 2.75) is 18.3 Å². The lowest BCUT2D eigenvalue weighted by Crippen LogP contribution is -2.22. The van der Waals surface area contributed by atoms with Crippen molar-refractivity contribution < 1.29 is 14.3 Å². The molecule has 3 heteroatoms. The van der Waals surface area contributed by atoms with Gasteiger partial charge in [0.15, 0.2) is 0 Å². The average Bonchev–Trinajstić information content (AvgIpc) is 2.78. The largest absolute Gasteiger partial charge is 0.469 e. The van der Waals surface area contributed by atoms with Gasteiger partial charge in [-0.05, 0) is 23.1 Å². The van der Waals surface area contributed by atoms with Gasteiger partial charge in [0, 0.05) is 11.5 Å². The van der Waals surface area contributed by atoms with E-state index in [0.29, 0.717) is 12.0 Å². The molecule has 0 heterocycles. The van der Waals surface area contributed by atoms with Crippen molar-refractivity contribution in [2.24, 2.45) is 0 Å². The number of esters is 1. The molecule has 2 unspecified atom stereocenters. The van der Waals surface area contributed by atoms with Crippen LogP contribution in [0.2, 0.25) is 0 Å². The van der Waals surface area contributed by atoms with E-state index in [1.807, 2.05) is 91.0 Å². The SMILES string of the molecule is COC(=O)C(c1ccccc1)C(CC(=C=O)c1ccccc1)c1ccccc1. The molecule has 0 bridgehead atoms. The molecule has 2 atom stereocenters. The highest BCUT2D eigenvalue weighted by Gasteiger charge is 2.33. The predicted molar refractivity (Wildman–Crippen MR) is 111 cm³/mol. The first-order valence-electron chi connectivity index (χ1n) is 9.21. The molecule has 0 aliphatic rings. The lowest BCUT2D eigenvalue weighted by atomic mass is 9.77. The second kappa shape index (κ2) is 9.50. The molecule has 0 aliphatic heterocycles. The van der Waals surface area contributed by atoms with Gasteiger partial charge in [0.1, 0.15) is 5.94 Å². The van der Waals surface area contributed by atoms with Crippen LogP contribution in [0.25, 0.3) is 5.57 Å². The van der Waals surface area contributed by atoms with Crippen molar-refractivity contribution in [3.63, 3.8) is 0 Å². The summed E-state index contributed by atoms with van der Waals surface area (Å²) in [6.45, 7) is 0. The van der Waals surface area contributed by atoms with Crippen LogP contribution in [0.3, 0.4) is 0 Å². The summed E-state index contributed by atoms with van der Waals surface area (Å²) in [7, 11) is 1.40. The zero-order valence-corrected chi connectivity index (χ0v) is 15.7. The molecule has 0 saturated heterocycles. The smallest absolute Gasteiger partial charge is 0.313 e. The van der Waals surface area contributed by atoms with Crippen LogP contribution in [0, 0.1) is 0 Å². The minimum atomic E-state index is -0.527. The molecule has 0 radical (unpaired) electrons. The Morgan fingerprint density at radius 1 is 0.821 bits per heavy atom. The number of allylic oxidation sites excluding steroid dienone is 1. The van der Waals surface area contributed by atoms with Gasteiger partial charge in [-0.15, -0.1) is 0 Å². The molecule has 0 N–H and O–H groups in total. The third kappa shape index (κ3) is 4.46. The Morgan fingerprint density at radius 3 is 1.82 bits per heavy atom. The molecule has 0 amide bonds. The molecule has 140 valence electrons. The fourth-order valence-corrected chi connectivity index (χ4v) is 3.53. The number of benzene rings is 3. The maximum absolute atomic E-state index is 12.8. The second-order valence-electron chi connectivity index (χ2n) is 6.58. The van der Waals surface area contributed by atoms with Gasteiger partial charge in [-0.1, -0.05) is 91.0 Å². The van der Waals surface area contributed by atoms with Crippen molar-refractivity contribution in [2.75, 3.05) is 7.11 Å². The summed E-state index contributed by atoms with van der Waals surface area (Å²) >= 11 is 0. The monoisotopic (exact) mass is 370 g/mol. The van der Waals surface area contributed by atoms with Crippen molar-refractivity contribution >= 4 is 17.5 Å².